The van der Waals surface area contributed by atoms with Gasteiger partial charge in [0.2, 0.25) is 11.9 Å². The third-order valence-corrected chi connectivity index (χ3v) is 7.95. The predicted molar refractivity (Wildman–Crippen MR) is 118 cm³/mol. The van der Waals surface area contributed by atoms with E-state index >= 15 is 0 Å². The van der Waals surface area contributed by atoms with Gasteiger partial charge >= 0.3 is 0 Å². The monoisotopic (exact) mass is 430 g/mol. The molecule has 2 fully saturated rings. The van der Waals surface area contributed by atoms with Crippen LogP contribution in [0.3, 0.4) is 0 Å². The summed E-state index contributed by atoms with van der Waals surface area (Å²) in [5.74, 6) is 5.09. The normalized spacial score (nSPS) is 27.1. The zero-order chi connectivity index (χ0) is 21.3. The van der Waals surface area contributed by atoms with Crippen molar-refractivity contribution in [3.05, 3.63) is 53.6 Å². The largest absolute Gasteiger partial charge is 0.337 e. The fraction of sp³-hybridized carbons (Fsp3) is 0.455. The first-order valence-corrected chi connectivity index (χ1v) is 12.3. The first-order chi connectivity index (χ1) is 14.3. The van der Waals surface area contributed by atoms with Crippen LogP contribution in [0.15, 0.2) is 36.7 Å². The second-order valence-corrected chi connectivity index (χ2v) is 11.0. The summed E-state index contributed by atoms with van der Waals surface area (Å²) >= 11 is 0. The summed E-state index contributed by atoms with van der Waals surface area (Å²) in [7, 11) is -2.04. The molecule has 0 bridgehead atoms. The number of benzene rings is 1. The van der Waals surface area contributed by atoms with Gasteiger partial charge in [0.15, 0.2) is 0 Å². The number of hydrogen-bond acceptors (Lipinski definition) is 5. The topological polar surface area (TPSA) is 66.4 Å². The van der Waals surface area contributed by atoms with Crippen LogP contribution in [0.1, 0.15) is 30.0 Å². The molecule has 2 aliphatic rings. The van der Waals surface area contributed by atoms with Crippen molar-refractivity contribution in [1.82, 2.24) is 14.9 Å². The highest BCUT2D eigenvalue weighted by atomic mass is 32.2. The van der Waals surface area contributed by atoms with E-state index in [0.29, 0.717) is 49.9 Å². The van der Waals surface area contributed by atoms with E-state index in [9.17, 15) is 13.4 Å². The van der Waals surface area contributed by atoms with E-state index < -0.39 is 9.52 Å². The standard InChI is InChI=1S/C22H27FN4O2S/c1-16-13-24-22(25-14-16)26-9-10-27(20(15-26)17-3-5-19(23)6-4-17)21(28)18-7-11-30(2,29)12-8-18/h3-6,13-14,18,20H,2,7-12,15H2,1H3. The SMILES string of the molecule is C=S1(=O)CCC(C(=O)N2CCN(c3ncc(C)cn3)CC2c2ccc(F)cc2)CC1. The Balaban J connectivity index is 1.58. The van der Waals surface area contributed by atoms with E-state index in [0.717, 1.165) is 11.1 Å². The van der Waals surface area contributed by atoms with Crippen LogP contribution in [0.4, 0.5) is 10.3 Å². The zero-order valence-electron chi connectivity index (χ0n) is 17.2. The van der Waals surface area contributed by atoms with Gasteiger partial charge in [0.25, 0.3) is 0 Å². The van der Waals surface area contributed by atoms with Crippen molar-refractivity contribution < 1.29 is 13.4 Å². The molecular weight excluding hydrogens is 403 g/mol. The number of nitrogens with zero attached hydrogens (tertiary/aromatic N) is 4. The molecule has 0 aliphatic carbocycles. The predicted octanol–water partition coefficient (Wildman–Crippen LogP) is 2.44. The number of aryl methyl sites for hydroxylation is 1. The highest BCUT2D eigenvalue weighted by molar-refractivity contribution is 8.00. The number of anilines is 1. The molecule has 160 valence electrons. The van der Waals surface area contributed by atoms with E-state index in [4.69, 9.17) is 0 Å². The van der Waals surface area contributed by atoms with Gasteiger partial charge < -0.3 is 9.80 Å². The average Bonchev–Trinajstić information content (AvgIpc) is 2.74. The summed E-state index contributed by atoms with van der Waals surface area (Å²) in [5.41, 5.74) is 1.88. The first-order valence-electron chi connectivity index (χ1n) is 10.2. The Kier molecular flexibility index (Phi) is 5.77. The van der Waals surface area contributed by atoms with Gasteiger partial charge in [-0.25, -0.2) is 14.4 Å². The average molecular weight is 431 g/mol. The van der Waals surface area contributed by atoms with Crippen LogP contribution < -0.4 is 4.90 Å². The maximum Gasteiger partial charge on any atom is 0.226 e. The van der Waals surface area contributed by atoms with Gasteiger partial charge in [0, 0.05) is 49.5 Å². The zero-order valence-corrected chi connectivity index (χ0v) is 18.0. The molecule has 0 N–H and O–H groups in total. The number of aromatic nitrogens is 2. The molecule has 30 heavy (non-hydrogen) atoms. The fourth-order valence-electron chi connectivity index (χ4n) is 4.19. The second-order valence-electron chi connectivity index (χ2n) is 8.25. The molecule has 2 aliphatic heterocycles. The Labute approximate surface area is 177 Å². The van der Waals surface area contributed by atoms with E-state index in [1.807, 2.05) is 11.8 Å². The van der Waals surface area contributed by atoms with Crippen molar-refractivity contribution in [3.8, 4) is 0 Å². The van der Waals surface area contributed by atoms with Crippen molar-refractivity contribution in [2.24, 2.45) is 5.92 Å². The maximum absolute atomic E-state index is 13.5. The third kappa shape index (κ3) is 4.48. The summed E-state index contributed by atoms with van der Waals surface area (Å²) in [6, 6.07) is 6.12. The van der Waals surface area contributed by atoms with Gasteiger partial charge in [-0.3, -0.25) is 9.00 Å². The molecule has 1 aromatic carbocycles. The number of halogens is 1. The molecule has 4 rings (SSSR count). The van der Waals surface area contributed by atoms with E-state index in [-0.39, 0.29) is 23.7 Å². The van der Waals surface area contributed by atoms with Crippen LogP contribution >= 0.6 is 0 Å². The molecule has 2 aromatic rings. The highest BCUT2D eigenvalue weighted by Crippen LogP contribution is 2.31. The summed E-state index contributed by atoms with van der Waals surface area (Å²) in [6.07, 6.45) is 4.79. The molecule has 1 atom stereocenters. The van der Waals surface area contributed by atoms with Crippen molar-refractivity contribution in [1.29, 1.82) is 0 Å². The third-order valence-electron chi connectivity index (χ3n) is 5.99. The smallest absolute Gasteiger partial charge is 0.226 e. The van der Waals surface area contributed by atoms with Crippen molar-refractivity contribution in [3.63, 3.8) is 0 Å². The summed E-state index contributed by atoms with van der Waals surface area (Å²) in [6.45, 7) is 3.65. The molecule has 0 radical (unpaired) electrons. The molecule has 1 amide bonds. The van der Waals surface area contributed by atoms with Crippen LogP contribution in [-0.2, 0) is 14.3 Å². The Hall–Kier alpha value is -2.48. The van der Waals surface area contributed by atoms with Gasteiger partial charge in [-0.15, -0.1) is 0 Å². The van der Waals surface area contributed by atoms with Crippen molar-refractivity contribution in [2.75, 3.05) is 36.0 Å². The van der Waals surface area contributed by atoms with Crippen LogP contribution in [-0.4, -0.2) is 62.0 Å². The van der Waals surface area contributed by atoms with Gasteiger partial charge in [-0.1, -0.05) is 12.1 Å². The lowest BCUT2D eigenvalue weighted by molar-refractivity contribution is -0.138. The van der Waals surface area contributed by atoms with E-state index in [1.54, 1.807) is 24.5 Å². The van der Waals surface area contributed by atoms with Crippen LogP contribution in [0.5, 0.6) is 0 Å². The molecule has 1 aromatic heterocycles. The minimum Gasteiger partial charge on any atom is -0.337 e. The van der Waals surface area contributed by atoms with Crippen LogP contribution in [0, 0.1) is 18.7 Å². The number of hydrogen-bond donors (Lipinski definition) is 0. The maximum atomic E-state index is 13.5. The summed E-state index contributed by atoms with van der Waals surface area (Å²) in [4.78, 5) is 26.2. The molecule has 8 heteroatoms. The molecule has 1 unspecified atom stereocenters. The Morgan fingerprint density at radius 3 is 2.40 bits per heavy atom. The number of piperazine rings is 1. The lowest BCUT2D eigenvalue weighted by Gasteiger charge is -2.43. The molecule has 2 saturated heterocycles. The summed E-state index contributed by atoms with van der Waals surface area (Å²) in [5, 5.41) is 0. The second kappa shape index (κ2) is 8.34. The highest BCUT2D eigenvalue weighted by Gasteiger charge is 2.37. The number of rotatable bonds is 3. The Bertz CT molecular complexity index is 994. The van der Waals surface area contributed by atoms with Gasteiger partial charge in [0.1, 0.15) is 5.82 Å². The molecule has 0 saturated carbocycles. The lowest BCUT2D eigenvalue weighted by atomic mass is 9.96. The molecule has 6 nitrogen and oxygen atoms in total. The van der Waals surface area contributed by atoms with Crippen LogP contribution in [0.25, 0.3) is 0 Å². The van der Waals surface area contributed by atoms with Gasteiger partial charge in [-0.2, -0.15) is 0 Å². The molecular formula is C22H27FN4O2S. The minimum absolute atomic E-state index is 0.0868. The molecule has 0 spiro atoms. The number of amides is 1. The van der Waals surface area contributed by atoms with E-state index in [2.05, 4.69) is 20.7 Å². The van der Waals surface area contributed by atoms with Crippen molar-refractivity contribution in [2.45, 2.75) is 25.8 Å². The van der Waals surface area contributed by atoms with Gasteiger partial charge in [-0.05, 0) is 58.4 Å². The number of carbonyl (C=O) groups is 1. The van der Waals surface area contributed by atoms with Crippen molar-refractivity contribution >= 4 is 27.2 Å². The fourth-order valence-corrected chi connectivity index (χ4v) is 5.82. The number of carbonyl (C=O) groups excluding carboxylic acids is 1. The van der Waals surface area contributed by atoms with Crippen LogP contribution in [0.2, 0.25) is 0 Å². The summed E-state index contributed by atoms with van der Waals surface area (Å²) < 4.78 is 25.7. The quantitative estimate of drug-likeness (QED) is 0.700. The lowest BCUT2D eigenvalue weighted by Crippen LogP contribution is -2.53. The van der Waals surface area contributed by atoms with Gasteiger partial charge in [0.05, 0.1) is 6.04 Å². The Morgan fingerprint density at radius 1 is 1.13 bits per heavy atom. The first kappa shape index (κ1) is 20.8. The molecule has 3 heterocycles. The van der Waals surface area contributed by atoms with E-state index in [1.165, 1.54) is 12.1 Å². The minimum atomic E-state index is -2.04. The Morgan fingerprint density at radius 2 is 1.77 bits per heavy atom.